The van der Waals surface area contributed by atoms with Gasteiger partial charge in [0.2, 0.25) is 11.8 Å². The van der Waals surface area contributed by atoms with Crippen LogP contribution in [0, 0.1) is 6.92 Å². The first kappa shape index (κ1) is 32.5. The molecular formula is C35H38ClN7O4. The maximum atomic E-state index is 13.1. The summed E-state index contributed by atoms with van der Waals surface area (Å²) < 4.78 is 5.65. The van der Waals surface area contributed by atoms with Gasteiger partial charge in [0.1, 0.15) is 5.69 Å². The average molecular weight is 656 g/mol. The maximum absolute atomic E-state index is 13.1. The average Bonchev–Trinajstić information content (AvgIpc) is 3.54. The molecule has 244 valence electrons. The van der Waals surface area contributed by atoms with Crippen LogP contribution in [-0.2, 0) is 17.9 Å². The number of β-amino-alcohol motifs (C(OH)–C–C–N with tert-alkyl or cyclic N) is 1. The molecule has 12 heteroatoms. The number of hydrogen-bond donors (Lipinski definition) is 3. The summed E-state index contributed by atoms with van der Waals surface area (Å²) >= 11 is 7.00. The molecule has 2 amide bonds. The molecule has 6 rings (SSSR count). The van der Waals surface area contributed by atoms with E-state index >= 15 is 0 Å². The van der Waals surface area contributed by atoms with Crippen LogP contribution in [0.3, 0.4) is 0 Å². The lowest BCUT2D eigenvalue weighted by atomic mass is 10.0. The Labute approximate surface area is 279 Å². The fourth-order valence-corrected chi connectivity index (χ4v) is 6.33. The van der Waals surface area contributed by atoms with Crippen molar-refractivity contribution in [1.29, 1.82) is 0 Å². The Morgan fingerprint density at radius 3 is 2.60 bits per heavy atom. The highest BCUT2D eigenvalue weighted by Gasteiger charge is 2.25. The van der Waals surface area contributed by atoms with E-state index in [-0.39, 0.29) is 24.0 Å². The highest BCUT2D eigenvalue weighted by atomic mass is 35.5. The number of methoxy groups -OCH3 is 1. The number of nitrogens with one attached hydrogen (secondary N) is 2. The van der Waals surface area contributed by atoms with E-state index in [9.17, 15) is 14.7 Å². The third kappa shape index (κ3) is 7.28. The summed E-state index contributed by atoms with van der Waals surface area (Å²) in [6, 6.07) is 15.1. The van der Waals surface area contributed by atoms with Gasteiger partial charge in [-0.25, -0.2) is 4.98 Å². The van der Waals surface area contributed by atoms with Crippen molar-refractivity contribution in [3.63, 3.8) is 0 Å². The molecule has 1 atom stereocenters. The second kappa shape index (κ2) is 14.1. The Morgan fingerprint density at radius 2 is 1.89 bits per heavy atom. The lowest BCUT2D eigenvalue weighted by Gasteiger charge is -2.35. The third-order valence-electron chi connectivity index (χ3n) is 8.75. The zero-order chi connectivity index (χ0) is 33.1. The second-order valence-corrected chi connectivity index (χ2v) is 12.4. The Kier molecular flexibility index (Phi) is 9.79. The molecular weight excluding hydrogens is 618 g/mol. The molecule has 0 bridgehead atoms. The lowest BCUT2D eigenvalue weighted by Crippen LogP contribution is -2.49. The summed E-state index contributed by atoms with van der Waals surface area (Å²) in [7, 11) is 1.59. The summed E-state index contributed by atoms with van der Waals surface area (Å²) in [5.41, 5.74) is 6.32. The van der Waals surface area contributed by atoms with Crippen molar-refractivity contribution in [2.45, 2.75) is 45.5 Å². The predicted octanol–water partition coefficient (Wildman–Crippen LogP) is 4.32. The quantitative estimate of drug-likeness (QED) is 0.229. The summed E-state index contributed by atoms with van der Waals surface area (Å²) in [5, 5.41) is 16.4. The van der Waals surface area contributed by atoms with Crippen LogP contribution in [0.2, 0.25) is 5.02 Å². The molecule has 4 aromatic rings. The van der Waals surface area contributed by atoms with Gasteiger partial charge in [0.15, 0.2) is 0 Å². The molecule has 2 saturated heterocycles. The number of nitrogens with zero attached hydrogens (tertiary/aromatic N) is 5. The van der Waals surface area contributed by atoms with Crippen molar-refractivity contribution >= 4 is 29.1 Å². The van der Waals surface area contributed by atoms with Crippen molar-refractivity contribution < 1.29 is 19.4 Å². The van der Waals surface area contributed by atoms with Crippen LogP contribution < -0.4 is 15.4 Å². The van der Waals surface area contributed by atoms with Crippen molar-refractivity contribution in [3.8, 4) is 28.4 Å². The van der Waals surface area contributed by atoms with Crippen LogP contribution in [0.25, 0.3) is 22.5 Å². The fraction of sp³-hybridized carbons (Fsp3) is 0.343. The molecule has 0 radical (unpaired) electrons. The Balaban J connectivity index is 1.17. The molecule has 47 heavy (non-hydrogen) atoms. The zero-order valence-corrected chi connectivity index (χ0v) is 27.4. The maximum Gasteiger partial charge on any atom is 0.274 e. The molecule has 11 nitrogen and oxygen atoms in total. The number of aliphatic hydroxyl groups is 1. The molecule has 2 aliphatic heterocycles. The number of halogens is 1. The van der Waals surface area contributed by atoms with Crippen LogP contribution >= 0.6 is 11.6 Å². The molecule has 3 aromatic heterocycles. The molecule has 0 saturated carbocycles. The van der Waals surface area contributed by atoms with Crippen LogP contribution in [0.5, 0.6) is 5.88 Å². The minimum Gasteiger partial charge on any atom is -0.481 e. The number of carbonyl (C=O) groups is 2. The number of aromatic nitrogens is 3. The first-order valence-corrected chi connectivity index (χ1v) is 16.0. The SMILES string of the molecule is COc1nc(-c2ccnc(-c3cccc(NC(=O)c4ccc(CN5CC(O)C5)cn4)c3C)c2Cl)ccc1CN[C@H]1CCN(C(C)=O)C1. The van der Waals surface area contributed by atoms with E-state index in [1.165, 1.54) is 0 Å². The molecule has 1 aromatic carbocycles. The fourth-order valence-electron chi connectivity index (χ4n) is 6.02. The first-order valence-electron chi connectivity index (χ1n) is 15.6. The van der Waals surface area contributed by atoms with Crippen molar-refractivity contribution in [1.82, 2.24) is 30.1 Å². The van der Waals surface area contributed by atoms with E-state index in [1.54, 1.807) is 32.5 Å². The minimum absolute atomic E-state index is 0.0952. The summed E-state index contributed by atoms with van der Waals surface area (Å²) in [4.78, 5) is 42.5. The number of pyridine rings is 3. The van der Waals surface area contributed by atoms with Gasteiger partial charge >= 0.3 is 0 Å². The number of aliphatic hydroxyl groups excluding tert-OH is 1. The molecule has 2 aliphatic rings. The highest BCUT2D eigenvalue weighted by Crippen LogP contribution is 2.38. The van der Waals surface area contributed by atoms with E-state index in [4.69, 9.17) is 21.3 Å². The number of likely N-dealkylation sites (tertiary alicyclic amines) is 2. The van der Waals surface area contributed by atoms with Crippen LogP contribution in [0.15, 0.2) is 60.9 Å². The van der Waals surface area contributed by atoms with Gasteiger partial charge in [0.05, 0.1) is 29.6 Å². The van der Waals surface area contributed by atoms with Gasteiger partial charge < -0.3 is 25.4 Å². The van der Waals surface area contributed by atoms with E-state index in [0.717, 1.165) is 35.2 Å². The van der Waals surface area contributed by atoms with E-state index in [2.05, 4.69) is 25.5 Å². The molecule has 0 unspecified atom stereocenters. The van der Waals surface area contributed by atoms with Crippen LogP contribution in [0.1, 0.15) is 40.5 Å². The number of rotatable bonds is 10. The van der Waals surface area contributed by atoms with Crippen molar-refractivity contribution in [2.24, 2.45) is 0 Å². The number of ether oxygens (including phenoxy) is 1. The smallest absolute Gasteiger partial charge is 0.274 e. The standard InChI is InChI=1S/C35H38ClN7O4/c1-21-27(5-4-6-29(21)40-34(46)31-9-7-23(15-39-31)17-42-19-26(45)20-42)33-32(36)28(11-13-37-33)30-10-8-24(35(41-30)47-3)16-38-25-12-14-43(18-25)22(2)44/h4-11,13,15,25-26,38,45H,12,14,16-20H2,1-3H3,(H,40,46)/t25-/m0/s1. The summed E-state index contributed by atoms with van der Waals surface area (Å²) in [5.74, 6) is 0.268. The van der Waals surface area contributed by atoms with Gasteiger partial charge in [-0.2, -0.15) is 0 Å². The van der Waals surface area contributed by atoms with E-state index in [0.29, 0.717) is 72.0 Å². The molecule has 2 fully saturated rings. The zero-order valence-electron chi connectivity index (χ0n) is 26.7. The molecule has 5 heterocycles. The summed E-state index contributed by atoms with van der Waals surface area (Å²) in [6.45, 7) is 7.51. The number of carbonyl (C=O) groups excluding carboxylic acids is 2. The lowest BCUT2D eigenvalue weighted by molar-refractivity contribution is -0.127. The normalized spacial score (nSPS) is 16.6. The first-order chi connectivity index (χ1) is 22.7. The van der Waals surface area contributed by atoms with Crippen LogP contribution in [-0.4, -0.2) is 87.1 Å². The Hall–Kier alpha value is -4.42. The monoisotopic (exact) mass is 655 g/mol. The number of anilines is 1. The number of hydrogen-bond acceptors (Lipinski definition) is 9. The minimum atomic E-state index is -0.320. The van der Waals surface area contributed by atoms with Crippen LogP contribution in [0.4, 0.5) is 5.69 Å². The summed E-state index contributed by atoms with van der Waals surface area (Å²) in [6.07, 6.45) is 4.04. The highest BCUT2D eigenvalue weighted by molar-refractivity contribution is 6.35. The van der Waals surface area contributed by atoms with Gasteiger partial charge in [-0.3, -0.25) is 24.5 Å². The Bertz CT molecular complexity index is 1780. The number of amides is 2. The topological polar surface area (TPSA) is 133 Å². The molecule has 3 N–H and O–H groups in total. The van der Waals surface area contributed by atoms with E-state index < -0.39 is 0 Å². The predicted molar refractivity (Wildman–Crippen MR) is 180 cm³/mol. The van der Waals surface area contributed by atoms with Gasteiger partial charge in [0, 0.05) is 87.0 Å². The second-order valence-electron chi connectivity index (χ2n) is 12.0. The van der Waals surface area contributed by atoms with Gasteiger partial charge in [0.25, 0.3) is 5.91 Å². The largest absolute Gasteiger partial charge is 0.481 e. The Morgan fingerprint density at radius 1 is 1.06 bits per heavy atom. The van der Waals surface area contributed by atoms with Crippen molar-refractivity contribution in [3.05, 3.63) is 88.3 Å². The van der Waals surface area contributed by atoms with E-state index in [1.807, 2.05) is 54.3 Å². The van der Waals surface area contributed by atoms with Gasteiger partial charge in [-0.1, -0.05) is 35.9 Å². The third-order valence-corrected chi connectivity index (χ3v) is 9.13. The number of benzene rings is 1. The van der Waals surface area contributed by atoms with Gasteiger partial charge in [-0.05, 0) is 48.7 Å². The van der Waals surface area contributed by atoms with Gasteiger partial charge in [-0.15, -0.1) is 0 Å². The molecule has 0 spiro atoms. The molecule has 0 aliphatic carbocycles. The van der Waals surface area contributed by atoms with Crippen molar-refractivity contribution in [2.75, 3.05) is 38.6 Å².